The highest BCUT2D eigenvalue weighted by Crippen LogP contribution is 2.43. The van der Waals surface area contributed by atoms with Crippen LogP contribution in [-0.2, 0) is 6.42 Å². The van der Waals surface area contributed by atoms with Gasteiger partial charge in [-0.15, -0.1) is 11.3 Å². The maximum Gasteiger partial charge on any atom is 0.235 e. The van der Waals surface area contributed by atoms with Crippen LogP contribution in [0.15, 0.2) is 170 Å². The number of nitrogens with zero attached hydrogens (tertiary/aromatic N) is 5. The minimum atomic E-state index is 0.657. The normalized spacial score (nSPS) is 12.7. The van der Waals surface area contributed by atoms with E-state index in [0.29, 0.717) is 5.95 Å². The van der Waals surface area contributed by atoms with Crippen molar-refractivity contribution in [3.8, 4) is 44.5 Å². The maximum atomic E-state index is 5.43. The molecule has 11 aromatic rings. The van der Waals surface area contributed by atoms with Crippen LogP contribution in [0.4, 0.5) is 0 Å². The van der Waals surface area contributed by atoms with Gasteiger partial charge in [-0.2, -0.15) is 0 Å². The minimum Gasteiger partial charge on any atom is -0.313 e. The summed E-state index contributed by atoms with van der Waals surface area (Å²) in [4.78, 5) is 16.2. The van der Waals surface area contributed by atoms with E-state index in [1.54, 1.807) is 11.3 Å². The molecule has 5 heterocycles. The molecule has 268 valence electrons. The van der Waals surface area contributed by atoms with Gasteiger partial charge in [-0.25, -0.2) is 9.97 Å². The van der Waals surface area contributed by atoms with E-state index in [1.807, 2.05) is 12.4 Å². The summed E-state index contributed by atoms with van der Waals surface area (Å²) in [5.74, 6) is 0.657. The highest BCUT2D eigenvalue weighted by atomic mass is 32.1. The number of benzene rings is 6. The van der Waals surface area contributed by atoms with Crippen molar-refractivity contribution in [2.75, 3.05) is 0 Å². The van der Waals surface area contributed by atoms with Gasteiger partial charge in [-0.3, -0.25) is 9.55 Å². The SMILES string of the molecule is C1=Cc2c(n(-c3ccccc3)c3cc(-c4ccc5c(c4)c4c6ccccc6ccc4n5-c4nc(-c5ccccc5)c5sc(-c6ccncc6)cc5n4)ccc23)CC1. The van der Waals surface area contributed by atoms with E-state index in [4.69, 9.17) is 9.97 Å². The van der Waals surface area contributed by atoms with E-state index < -0.39 is 0 Å². The maximum absolute atomic E-state index is 5.43. The lowest BCUT2D eigenvalue weighted by Crippen LogP contribution is -2.02. The van der Waals surface area contributed by atoms with Crippen molar-refractivity contribution < 1.29 is 0 Å². The number of allylic oxidation sites excluding steroid dienone is 1. The fourth-order valence-corrected chi connectivity index (χ4v) is 10.0. The number of hydrogen-bond acceptors (Lipinski definition) is 4. The Balaban J connectivity index is 1.11. The Morgan fingerprint density at radius 2 is 1.32 bits per heavy atom. The molecule has 0 unspecified atom stereocenters. The van der Waals surface area contributed by atoms with Gasteiger partial charge in [0.05, 0.1) is 32.5 Å². The molecule has 0 spiro atoms. The quantitative estimate of drug-likeness (QED) is 0.176. The average Bonchev–Trinajstić information content (AvgIpc) is 3.97. The van der Waals surface area contributed by atoms with Gasteiger partial charge in [-0.1, -0.05) is 109 Å². The molecule has 0 aliphatic heterocycles. The van der Waals surface area contributed by atoms with E-state index in [0.717, 1.165) is 55.8 Å². The van der Waals surface area contributed by atoms with Crippen LogP contribution in [-0.4, -0.2) is 24.1 Å². The topological polar surface area (TPSA) is 48.5 Å². The predicted molar refractivity (Wildman–Crippen MR) is 238 cm³/mol. The smallest absolute Gasteiger partial charge is 0.235 e. The van der Waals surface area contributed by atoms with Gasteiger partial charge in [0, 0.05) is 55.9 Å². The van der Waals surface area contributed by atoms with Gasteiger partial charge in [0.1, 0.15) is 0 Å². The van der Waals surface area contributed by atoms with E-state index >= 15 is 0 Å². The molecule has 5 aromatic heterocycles. The van der Waals surface area contributed by atoms with Crippen molar-refractivity contribution in [1.82, 2.24) is 24.1 Å². The predicted octanol–water partition coefficient (Wildman–Crippen LogP) is 13.2. The van der Waals surface area contributed by atoms with Gasteiger partial charge >= 0.3 is 0 Å². The molecule has 0 bridgehead atoms. The summed E-state index contributed by atoms with van der Waals surface area (Å²) in [5, 5.41) is 6.08. The largest absolute Gasteiger partial charge is 0.313 e. The Morgan fingerprint density at radius 3 is 2.19 bits per heavy atom. The third-order valence-corrected chi connectivity index (χ3v) is 12.7. The second-order valence-electron chi connectivity index (χ2n) is 14.8. The van der Waals surface area contributed by atoms with E-state index in [1.165, 1.54) is 60.5 Å². The highest BCUT2D eigenvalue weighted by Gasteiger charge is 2.22. The molecule has 0 saturated carbocycles. The lowest BCUT2D eigenvalue weighted by Gasteiger charge is -2.13. The Morgan fingerprint density at radius 1 is 0.544 bits per heavy atom. The molecule has 0 radical (unpaired) electrons. The monoisotopic (exact) mass is 747 g/mol. The summed E-state index contributed by atoms with van der Waals surface area (Å²) >= 11 is 1.73. The van der Waals surface area contributed by atoms with Gasteiger partial charge in [0.15, 0.2) is 0 Å². The van der Waals surface area contributed by atoms with Gasteiger partial charge in [0.2, 0.25) is 5.95 Å². The molecule has 0 saturated heterocycles. The fraction of sp³-hybridized carbons (Fsp3) is 0.0392. The van der Waals surface area contributed by atoms with Crippen molar-refractivity contribution in [2.24, 2.45) is 0 Å². The first-order chi connectivity index (χ1) is 28.3. The molecule has 1 aliphatic carbocycles. The Hall–Kier alpha value is -7.15. The summed E-state index contributed by atoms with van der Waals surface area (Å²) in [5.41, 5.74) is 13.7. The van der Waals surface area contributed by atoms with Crippen LogP contribution < -0.4 is 0 Å². The highest BCUT2D eigenvalue weighted by molar-refractivity contribution is 7.22. The minimum absolute atomic E-state index is 0.657. The van der Waals surface area contributed by atoms with Crippen LogP contribution >= 0.6 is 11.3 Å². The van der Waals surface area contributed by atoms with Gasteiger partial charge in [0.25, 0.3) is 0 Å². The molecule has 0 fully saturated rings. The first-order valence-corrected chi connectivity index (χ1v) is 20.2. The third-order valence-electron chi connectivity index (χ3n) is 11.5. The van der Waals surface area contributed by atoms with E-state index in [2.05, 4.69) is 178 Å². The van der Waals surface area contributed by atoms with Gasteiger partial charge < -0.3 is 4.57 Å². The first kappa shape index (κ1) is 32.1. The molecule has 6 aromatic carbocycles. The van der Waals surface area contributed by atoms with E-state index in [9.17, 15) is 0 Å². The number of fused-ring (bicyclic) bond motifs is 9. The van der Waals surface area contributed by atoms with Crippen molar-refractivity contribution in [2.45, 2.75) is 12.8 Å². The van der Waals surface area contributed by atoms with Crippen LogP contribution in [0.25, 0.3) is 104 Å². The van der Waals surface area contributed by atoms with Crippen molar-refractivity contribution in [3.63, 3.8) is 0 Å². The van der Waals surface area contributed by atoms with Crippen LogP contribution in [0.5, 0.6) is 0 Å². The molecule has 1 aliphatic rings. The molecule has 0 amide bonds. The summed E-state index contributed by atoms with van der Waals surface area (Å²) < 4.78 is 5.80. The molecular formula is C51H33N5S. The second kappa shape index (κ2) is 12.7. The zero-order chi connectivity index (χ0) is 37.5. The first-order valence-electron chi connectivity index (χ1n) is 19.4. The Bertz CT molecular complexity index is 3390. The van der Waals surface area contributed by atoms with E-state index in [-0.39, 0.29) is 0 Å². The summed E-state index contributed by atoms with van der Waals surface area (Å²) in [7, 11) is 0. The summed E-state index contributed by atoms with van der Waals surface area (Å²) in [6.45, 7) is 0. The van der Waals surface area contributed by atoms with Crippen molar-refractivity contribution in [1.29, 1.82) is 0 Å². The molecule has 0 atom stereocenters. The lowest BCUT2D eigenvalue weighted by molar-refractivity contribution is 0.888. The zero-order valence-electron chi connectivity index (χ0n) is 30.8. The Kier molecular flexibility index (Phi) is 7.16. The molecule has 0 N–H and O–H groups in total. The Labute approximate surface area is 332 Å². The van der Waals surface area contributed by atoms with Crippen LogP contribution in [0.2, 0.25) is 0 Å². The second-order valence-corrected chi connectivity index (χ2v) is 15.8. The number of para-hydroxylation sites is 1. The number of hydrogen-bond donors (Lipinski definition) is 0. The zero-order valence-corrected chi connectivity index (χ0v) is 31.6. The average molecular weight is 748 g/mol. The van der Waals surface area contributed by atoms with Crippen LogP contribution in [0.1, 0.15) is 17.7 Å². The van der Waals surface area contributed by atoms with Crippen LogP contribution in [0, 0.1) is 0 Å². The number of pyridine rings is 1. The lowest BCUT2D eigenvalue weighted by atomic mass is 9.98. The molecule has 6 heteroatoms. The van der Waals surface area contributed by atoms with Crippen molar-refractivity contribution in [3.05, 3.63) is 181 Å². The number of aromatic nitrogens is 5. The van der Waals surface area contributed by atoms with Crippen molar-refractivity contribution >= 4 is 71.1 Å². The van der Waals surface area contributed by atoms with Gasteiger partial charge in [-0.05, 0) is 94.9 Å². The summed E-state index contributed by atoms with van der Waals surface area (Å²) in [6, 6.07) is 54.6. The third kappa shape index (κ3) is 5.04. The number of rotatable bonds is 5. The molecule has 5 nitrogen and oxygen atoms in total. The molecule has 57 heavy (non-hydrogen) atoms. The molecule has 12 rings (SSSR count). The number of thiophene rings is 1. The fourth-order valence-electron chi connectivity index (χ4n) is 8.92. The summed E-state index contributed by atoms with van der Waals surface area (Å²) in [6.07, 6.45) is 10.4. The van der Waals surface area contributed by atoms with Crippen LogP contribution in [0.3, 0.4) is 0 Å². The standard InChI is InChI=1S/C51H33N5S/c1-3-12-34(13-4-1)49-50-42(31-47(57-50)33-25-27-52-28-26-33)53-51(54-49)56-44-23-21-35(29-41(44)48-38-16-8-7-11-32(38)20-24-45(48)56)36-19-22-40-39-17-9-10-18-43(39)55(46(40)30-36)37-14-5-2-6-15-37/h1-9,11-17,19-31H,10,18H2. The molecular weight excluding hydrogens is 715 g/mol.